The van der Waals surface area contributed by atoms with Crippen LogP contribution in [0.25, 0.3) is 11.2 Å². The van der Waals surface area contributed by atoms with Gasteiger partial charge in [-0.2, -0.15) is 5.10 Å². The first kappa shape index (κ1) is 16.4. The predicted molar refractivity (Wildman–Crippen MR) is 105 cm³/mol. The highest BCUT2D eigenvalue weighted by molar-refractivity contribution is 5.87. The third-order valence-corrected chi connectivity index (χ3v) is 5.66. The summed E-state index contributed by atoms with van der Waals surface area (Å²) in [5.74, 6) is 1.71. The van der Waals surface area contributed by atoms with Crippen LogP contribution in [0.5, 0.6) is 0 Å². The van der Waals surface area contributed by atoms with Crippen LogP contribution in [-0.4, -0.2) is 50.3 Å². The summed E-state index contributed by atoms with van der Waals surface area (Å²) in [6, 6.07) is 4.71. The fourth-order valence-corrected chi connectivity index (χ4v) is 4.27. The van der Waals surface area contributed by atoms with Crippen LogP contribution in [0, 0.1) is 0 Å². The number of hydrogen-bond acceptors (Lipinski definition) is 7. The molecular formula is C19H24N8. The Balaban J connectivity index is 1.50. The number of piperidine rings is 1. The molecule has 8 heteroatoms. The van der Waals surface area contributed by atoms with Crippen molar-refractivity contribution in [2.45, 2.75) is 44.7 Å². The number of fused-ring (bicyclic) bond motifs is 2. The van der Waals surface area contributed by atoms with E-state index in [-0.39, 0.29) is 6.04 Å². The molecule has 0 aromatic carbocycles. The van der Waals surface area contributed by atoms with E-state index in [1.54, 1.807) is 0 Å². The molecule has 1 fully saturated rings. The van der Waals surface area contributed by atoms with E-state index in [2.05, 4.69) is 38.0 Å². The van der Waals surface area contributed by atoms with Gasteiger partial charge in [0.2, 0.25) is 0 Å². The van der Waals surface area contributed by atoms with Crippen molar-refractivity contribution in [1.29, 1.82) is 0 Å². The van der Waals surface area contributed by atoms with Crippen LogP contribution in [0.15, 0.2) is 24.5 Å². The first-order valence-electron chi connectivity index (χ1n) is 9.65. The summed E-state index contributed by atoms with van der Waals surface area (Å²) >= 11 is 0. The molecule has 3 N–H and O–H groups in total. The van der Waals surface area contributed by atoms with E-state index < -0.39 is 0 Å². The fourth-order valence-electron chi connectivity index (χ4n) is 4.27. The highest BCUT2D eigenvalue weighted by atomic mass is 15.3. The lowest BCUT2D eigenvalue weighted by Gasteiger charge is -2.37. The van der Waals surface area contributed by atoms with Crippen LogP contribution in [-0.2, 0) is 6.42 Å². The summed E-state index contributed by atoms with van der Waals surface area (Å²) in [4.78, 5) is 18.5. The van der Waals surface area contributed by atoms with Gasteiger partial charge in [-0.15, -0.1) is 0 Å². The van der Waals surface area contributed by atoms with Crippen molar-refractivity contribution < 1.29 is 0 Å². The van der Waals surface area contributed by atoms with Crippen LogP contribution in [0.3, 0.4) is 0 Å². The van der Waals surface area contributed by atoms with Crippen molar-refractivity contribution in [2.24, 2.45) is 5.73 Å². The molecule has 0 bridgehead atoms. The standard InChI is InChI=1S/C19H24N8/c1-12-10-13(20)6-9-26(12)16-11-22-17-18(23-16)24-25-19(17)27-8-3-4-14-15(27)5-2-7-21-14/h2,5,7,11-13H,3-4,6,8-10,20H2,1H3,(H,23,24,25)/t12-,13+/m1/s1. The number of nitrogens with zero attached hydrogens (tertiary/aromatic N) is 6. The number of pyridine rings is 1. The van der Waals surface area contributed by atoms with Gasteiger partial charge in [0.15, 0.2) is 17.0 Å². The largest absolute Gasteiger partial charge is 0.352 e. The molecule has 0 amide bonds. The molecule has 0 spiro atoms. The maximum Gasteiger partial charge on any atom is 0.183 e. The van der Waals surface area contributed by atoms with Gasteiger partial charge in [0, 0.05) is 31.4 Å². The molecule has 3 aromatic rings. The number of rotatable bonds is 2. The van der Waals surface area contributed by atoms with Gasteiger partial charge in [-0.05, 0) is 44.7 Å². The number of anilines is 3. The Hall–Kier alpha value is -2.74. The van der Waals surface area contributed by atoms with Crippen molar-refractivity contribution in [3.63, 3.8) is 0 Å². The third-order valence-electron chi connectivity index (χ3n) is 5.66. The zero-order valence-corrected chi connectivity index (χ0v) is 15.5. The number of aromatic nitrogens is 5. The Kier molecular flexibility index (Phi) is 3.93. The molecule has 1 saturated heterocycles. The first-order chi connectivity index (χ1) is 13.2. The summed E-state index contributed by atoms with van der Waals surface area (Å²) < 4.78 is 0. The number of hydrogen-bond donors (Lipinski definition) is 2. The highest BCUT2D eigenvalue weighted by Gasteiger charge is 2.27. The van der Waals surface area contributed by atoms with Gasteiger partial charge in [-0.3, -0.25) is 10.1 Å². The average molecular weight is 364 g/mol. The molecule has 0 aliphatic carbocycles. The molecule has 8 nitrogen and oxygen atoms in total. The van der Waals surface area contributed by atoms with Gasteiger partial charge in [-0.25, -0.2) is 9.97 Å². The Morgan fingerprint density at radius 2 is 2.19 bits per heavy atom. The van der Waals surface area contributed by atoms with Crippen molar-refractivity contribution >= 4 is 28.5 Å². The number of aryl methyl sites for hydroxylation is 1. The lowest BCUT2D eigenvalue weighted by atomic mass is 9.99. The Morgan fingerprint density at radius 1 is 1.26 bits per heavy atom. The van der Waals surface area contributed by atoms with E-state index >= 15 is 0 Å². The lowest BCUT2D eigenvalue weighted by molar-refractivity contribution is 0.427. The molecule has 27 heavy (non-hydrogen) atoms. The third kappa shape index (κ3) is 2.80. The van der Waals surface area contributed by atoms with Crippen LogP contribution < -0.4 is 15.5 Å². The molecule has 0 saturated carbocycles. The molecule has 5 heterocycles. The minimum absolute atomic E-state index is 0.277. The van der Waals surface area contributed by atoms with Crippen molar-refractivity contribution in [3.05, 3.63) is 30.2 Å². The quantitative estimate of drug-likeness (QED) is 0.718. The molecule has 3 aromatic heterocycles. The second kappa shape index (κ2) is 6.45. The van der Waals surface area contributed by atoms with Crippen LogP contribution in [0.2, 0.25) is 0 Å². The van der Waals surface area contributed by atoms with Crippen LogP contribution >= 0.6 is 0 Å². The molecule has 2 aliphatic rings. The Bertz CT molecular complexity index is 967. The normalized spacial score (nSPS) is 22.9. The van der Waals surface area contributed by atoms with Gasteiger partial charge < -0.3 is 15.5 Å². The van der Waals surface area contributed by atoms with Crippen molar-refractivity contribution in [3.8, 4) is 0 Å². The molecule has 2 atom stereocenters. The van der Waals surface area contributed by atoms with Crippen molar-refractivity contribution in [2.75, 3.05) is 22.9 Å². The fraction of sp³-hybridized carbons (Fsp3) is 0.474. The minimum atomic E-state index is 0.277. The highest BCUT2D eigenvalue weighted by Crippen LogP contribution is 2.34. The maximum atomic E-state index is 6.09. The van der Waals surface area contributed by atoms with Crippen LogP contribution in [0.1, 0.15) is 31.9 Å². The first-order valence-corrected chi connectivity index (χ1v) is 9.65. The SMILES string of the molecule is C[C@@H]1C[C@@H](N)CCN1c1cnc2c(N3CCCc4ncccc43)n[nH]c2n1. The van der Waals surface area contributed by atoms with Crippen LogP contribution in [0.4, 0.5) is 17.3 Å². The maximum absolute atomic E-state index is 6.09. The van der Waals surface area contributed by atoms with Gasteiger partial charge in [0.1, 0.15) is 5.82 Å². The van der Waals surface area contributed by atoms with E-state index in [1.165, 1.54) is 0 Å². The van der Waals surface area contributed by atoms with E-state index in [0.717, 1.165) is 73.0 Å². The Labute approximate surface area is 157 Å². The smallest absolute Gasteiger partial charge is 0.183 e. The van der Waals surface area contributed by atoms with Crippen molar-refractivity contribution in [1.82, 2.24) is 25.1 Å². The predicted octanol–water partition coefficient (Wildman–Crippen LogP) is 2.15. The van der Waals surface area contributed by atoms with E-state index in [1.807, 2.05) is 18.5 Å². The monoisotopic (exact) mass is 364 g/mol. The zero-order valence-electron chi connectivity index (χ0n) is 15.5. The Morgan fingerprint density at radius 3 is 3.07 bits per heavy atom. The molecule has 140 valence electrons. The average Bonchev–Trinajstić information content (AvgIpc) is 3.10. The van der Waals surface area contributed by atoms with E-state index in [9.17, 15) is 0 Å². The summed E-state index contributed by atoms with van der Waals surface area (Å²) in [7, 11) is 0. The molecule has 0 radical (unpaired) electrons. The summed E-state index contributed by atoms with van der Waals surface area (Å²) in [5.41, 5.74) is 9.84. The number of H-pyrrole nitrogens is 1. The summed E-state index contributed by atoms with van der Waals surface area (Å²) in [6.45, 7) is 4.01. The molecule has 0 unspecified atom stereocenters. The van der Waals surface area contributed by atoms with E-state index in [0.29, 0.717) is 6.04 Å². The zero-order chi connectivity index (χ0) is 18.4. The lowest BCUT2D eigenvalue weighted by Crippen LogP contribution is -2.46. The van der Waals surface area contributed by atoms with Gasteiger partial charge >= 0.3 is 0 Å². The minimum Gasteiger partial charge on any atom is -0.352 e. The molecule has 5 rings (SSSR count). The molecular weight excluding hydrogens is 340 g/mol. The van der Waals surface area contributed by atoms with Gasteiger partial charge in [0.25, 0.3) is 0 Å². The summed E-state index contributed by atoms with van der Waals surface area (Å²) in [6.07, 6.45) is 7.72. The second-order valence-electron chi connectivity index (χ2n) is 7.52. The summed E-state index contributed by atoms with van der Waals surface area (Å²) in [5, 5.41) is 7.63. The number of aromatic amines is 1. The number of nitrogens with one attached hydrogen (secondary N) is 1. The second-order valence-corrected chi connectivity index (χ2v) is 7.52. The van der Waals surface area contributed by atoms with Gasteiger partial charge in [0.05, 0.1) is 17.6 Å². The van der Waals surface area contributed by atoms with Gasteiger partial charge in [-0.1, -0.05) is 0 Å². The molecule has 2 aliphatic heterocycles. The number of nitrogens with two attached hydrogens (primary N) is 1. The van der Waals surface area contributed by atoms with E-state index in [4.69, 9.17) is 15.7 Å². The topological polar surface area (TPSA) is 99.9 Å².